The largest absolute Gasteiger partial charge is 0.340 e. The number of carbonyl (C=O) groups excluding carboxylic acids is 1. The molecule has 2 aromatic carbocycles. The summed E-state index contributed by atoms with van der Waals surface area (Å²) in [5.41, 5.74) is 1.01. The maximum atomic E-state index is 12.1. The van der Waals surface area contributed by atoms with E-state index in [9.17, 15) is 4.79 Å². The Morgan fingerprint density at radius 1 is 1.25 bits per heavy atom. The zero-order chi connectivity index (χ0) is 13.9. The summed E-state index contributed by atoms with van der Waals surface area (Å²) in [4.78, 5) is 12.1. The van der Waals surface area contributed by atoms with Crippen LogP contribution >= 0.6 is 0 Å². The maximum Gasteiger partial charge on any atom is 0.225 e. The lowest BCUT2D eigenvalue weighted by Crippen LogP contribution is -2.36. The van der Waals surface area contributed by atoms with Gasteiger partial charge in [-0.25, -0.2) is 0 Å². The summed E-state index contributed by atoms with van der Waals surface area (Å²) in [5, 5.41) is 14.1. The first kappa shape index (κ1) is 12.7. The van der Waals surface area contributed by atoms with Gasteiger partial charge >= 0.3 is 0 Å². The van der Waals surface area contributed by atoms with Crippen LogP contribution in [0.15, 0.2) is 42.5 Å². The minimum absolute atomic E-state index is 0.0696. The molecule has 3 rings (SSSR count). The zero-order valence-corrected chi connectivity index (χ0v) is 11.2. The molecule has 0 aromatic heterocycles. The smallest absolute Gasteiger partial charge is 0.225 e. The first-order valence-electron chi connectivity index (χ1n) is 6.93. The van der Waals surface area contributed by atoms with Crippen molar-refractivity contribution in [3.05, 3.63) is 48.0 Å². The van der Waals surface area contributed by atoms with Crippen LogP contribution in [0.4, 0.5) is 0 Å². The molecule has 1 unspecified atom stereocenters. The van der Waals surface area contributed by atoms with Crippen LogP contribution in [0, 0.1) is 17.2 Å². The molecule has 1 aliphatic rings. The Morgan fingerprint density at radius 2 is 2.00 bits per heavy atom. The van der Waals surface area contributed by atoms with Crippen molar-refractivity contribution in [1.82, 2.24) is 5.32 Å². The van der Waals surface area contributed by atoms with E-state index in [4.69, 9.17) is 5.26 Å². The lowest BCUT2D eigenvalue weighted by molar-refractivity contribution is -0.120. The Morgan fingerprint density at radius 3 is 2.75 bits per heavy atom. The average Bonchev–Trinajstić information content (AvgIpc) is 3.30. The molecule has 1 aliphatic carbocycles. The van der Waals surface area contributed by atoms with Gasteiger partial charge in [0.15, 0.2) is 0 Å². The third-order valence-corrected chi connectivity index (χ3v) is 3.78. The molecule has 0 bridgehead atoms. The van der Waals surface area contributed by atoms with Crippen molar-refractivity contribution in [2.75, 3.05) is 0 Å². The summed E-state index contributed by atoms with van der Waals surface area (Å²) in [7, 11) is 0. The van der Waals surface area contributed by atoms with E-state index in [1.54, 1.807) is 0 Å². The molecule has 100 valence electrons. The van der Waals surface area contributed by atoms with E-state index < -0.39 is 0 Å². The van der Waals surface area contributed by atoms with Crippen LogP contribution in [0.5, 0.6) is 0 Å². The van der Waals surface area contributed by atoms with Crippen LogP contribution in [-0.4, -0.2) is 11.9 Å². The van der Waals surface area contributed by atoms with Crippen LogP contribution in [0.25, 0.3) is 10.8 Å². The van der Waals surface area contributed by atoms with E-state index in [0.717, 1.165) is 29.2 Å². The van der Waals surface area contributed by atoms with Crippen LogP contribution < -0.4 is 5.32 Å². The molecule has 0 heterocycles. The highest BCUT2D eigenvalue weighted by atomic mass is 16.1. The predicted molar refractivity (Wildman–Crippen MR) is 77.9 cm³/mol. The molecule has 1 N–H and O–H groups in total. The number of nitrogens with zero attached hydrogens (tertiary/aromatic N) is 1. The topological polar surface area (TPSA) is 52.9 Å². The Balaban J connectivity index is 1.76. The summed E-state index contributed by atoms with van der Waals surface area (Å²) in [5.74, 6) is 0.288. The van der Waals surface area contributed by atoms with Crippen LogP contribution in [0.2, 0.25) is 0 Å². The summed E-state index contributed by atoms with van der Waals surface area (Å²) in [6.45, 7) is 0. The number of fused-ring (bicyclic) bond motifs is 1. The summed E-state index contributed by atoms with van der Waals surface area (Å²) >= 11 is 0. The molecule has 0 aliphatic heterocycles. The number of benzene rings is 2. The van der Waals surface area contributed by atoms with Gasteiger partial charge in [-0.2, -0.15) is 5.26 Å². The second-order valence-electron chi connectivity index (χ2n) is 5.33. The first-order valence-corrected chi connectivity index (χ1v) is 6.93. The number of amides is 1. The summed E-state index contributed by atoms with van der Waals surface area (Å²) in [6.07, 6.45) is 2.42. The van der Waals surface area contributed by atoms with Crippen molar-refractivity contribution in [3.8, 4) is 6.07 Å². The van der Waals surface area contributed by atoms with E-state index in [1.165, 1.54) is 0 Å². The van der Waals surface area contributed by atoms with Crippen molar-refractivity contribution >= 4 is 16.7 Å². The quantitative estimate of drug-likeness (QED) is 0.923. The third kappa shape index (κ3) is 2.65. The molecular weight excluding hydrogens is 248 g/mol. The van der Waals surface area contributed by atoms with E-state index >= 15 is 0 Å². The van der Waals surface area contributed by atoms with Gasteiger partial charge in [-0.3, -0.25) is 4.79 Å². The molecule has 3 nitrogen and oxygen atoms in total. The minimum atomic E-state index is -0.322. The van der Waals surface area contributed by atoms with Gasteiger partial charge < -0.3 is 5.32 Å². The van der Waals surface area contributed by atoms with Crippen LogP contribution in [0.1, 0.15) is 18.4 Å². The van der Waals surface area contributed by atoms with Gasteiger partial charge in [0.1, 0.15) is 6.04 Å². The Hall–Kier alpha value is -2.34. The minimum Gasteiger partial charge on any atom is -0.340 e. The number of hydrogen-bond acceptors (Lipinski definition) is 2. The fourth-order valence-electron chi connectivity index (χ4n) is 2.53. The van der Waals surface area contributed by atoms with Gasteiger partial charge in [0.05, 0.1) is 12.5 Å². The van der Waals surface area contributed by atoms with Gasteiger partial charge in [-0.1, -0.05) is 42.5 Å². The molecule has 1 amide bonds. The van der Waals surface area contributed by atoms with Gasteiger partial charge in [0, 0.05) is 0 Å². The van der Waals surface area contributed by atoms with E-state index in [1.807, 2.05) is 42.5 Å². The Kier molecular flexibility index (Phi) is 3.39. The second kappa shape index (κ2) is 5.34. The molecule has 0 saturated heterocycles. The Labute approximate surface area is 118 Å². The van der Waals surface area contributed by atoms with Crippen LogP contribution in [0.3, 0.4) is 0 Å². The van der Waals surface area contributed by atoms with Crippen molar-refractivity contribution < 1.29 is 4.79 Å². The predicted octanol–water partition coefficient (Wildman–Crippen LogP) is 2.80. The van der Waals surface area contributed by atoms with Gasteiger partial charge in [-0.05, 0) is 35.1 Å². The van der Waals surface area contributed by atoms with E-state index in [0.29, 0.717) is 12.3 Å². The lowest BCUT2D eigenvalue weighted by atomic mass is 10.0. The molecule has 20 heavy (non-hydrogen) atoms. The van der Waals surface area contributed by atoms with E-state index in [2.05, 4.69) is 11.4 Å². The molecule has 0 radical (unpaired) electrons. The molecular formula is C17H16N2O. The first-order chi connectivity index (χ1) is 9.78. The highest BCUT2D eigenvalue weighted by molar-refractivity contribution is 5.90. The van der Waals surface area contributed by atoms with Crippen molar-refractivity contribution in [3.63, 3.8) is 0 Å². The Bertz CT molecular complexity index is 677. The summed E-state index contributed by atoms with van der Waals surface area (Å²) < 4.78 is 0. The number of rotatable bonds is 4. The molecule has 1 saturated carbocycles. The second-order valence-corrected chi connectivity index (χ2v) is 5.33. The number of nitriles is 1. The molecule has 1 fully saturated rings. The standard InChI is InChI=1S/C17H16N2O/c18-11-16(13-8-9-13)19-17(20)10-14-6-3-5-12-4-1-2-7-15(12)14/h1-7,13,16H,8-10H2,(H,19,20). The highest BCUT2D eigenvalue weighted by Crippen LogP contribution is 2.32. The summed E-state index contributed by atoms with van der Waals surface area (Å²) in [6, 6.07) is 15.9. The lowest BCUT2D eigenvalue weighted by Gasteiger charge is -2.11. The fourth-order valence-corrected chi connectivity index (χ4v) is 2.53. The number of hydrogen-bond donors (Lipinski definition) is 1. The molecule has 3 heteroatoms. The van der Waals surface area contributed by atoms with Gasteiger partial charge in [-0.15, -0.1) is 0 Å². The van der Waals surface area contributed by atoms with E-state index in [-0.39, 0.29) is 11.9 Å². The number of carbonyl (C=O) groups is 1. The highest BCUT2D eigenvalue weighted by Gasteiger charge is 2.32. The average molecular weight is 264 g/mol. The number of nitrogens with one attached hydrogen (secondary N) is 1. The molecule has 0 spiro atoms. The monoisotopic (exact) mass is 264 g/mol. The van der Waals surface area contributed by atoms with Gasteiger partial charge in [0.2, 0.25) is 5.91 Å². The normalized spacial score (nSPS) is 15.6. The zero-order valence-electron chi connectivity index (χ0n) is 11.2. The third-order valence-electron chi connectivity index (χ3n) is 3.78. The van der Waals surface area contributed by atoms with Gasteiger partial charge in [0.25, 0.3) is 0 Å². The molecule has 2 aromatic rings. The van der Waals surface area contributed by atoms with Crippen molar-refractivity contribution in [1.29, 1.82) is 5.26 Å². The molecule has 1 atom stereocenters. The van der Waals surface area contributed by atoms with Crippen molar-refractivity contribution in [2.24, 2.45) is 5.92 Å². The maximum absolute atomic E-state index is 12.1. The van der Waals surface area contributed by atoms with Crippen molar-refractivity contribution in [2.45, 2.75) is 25.3 Å². The fraction of sp³-hybridized carbons (Fsp3) is 0.294. The van der Waals surface area contributed by atoms with Crippen LogP contribution in [-0.2, 0) is 11.2 Å². The SMILES string of the molecule is N#CC(NC(=O)Cc1cccc2ccccc12)C1CC1.